The summed E-state index contributed by atoms with van der Waals surface area (Å²) in [6.07, 6.45) is 3.00. The first-order valence-corrected chi connectivity index (χ1v) is 4.57. The van der Waals surface area contributed by atoms with Gasteiger partial charge in [0.25, 0.3) is 0 Å². The Morgan fingerprint density at radius 2 is 2.00 bits per heavy atom. The van der Waals surface area contributed by atoms with Gasteiger partial charge in [-0.3, -0.25) is 0 Å². The van der Waals surface area contributed by atoms with E-state index < -0.39 is 5.97 Å². The molecule has 0 atom stereocenters. The molecule has 1 aromatic rings. The molecule has 2 nitrogen and oxygen atoms in total. The van der Waals surface area contributed by atoms with E-state index in [1.807, 2.05) is 12.1 Å². The number of hydrogen-bond donors (Lipinski definition) is 1. The Kier molecular flexibility index (Phi) is 7.24. The molecule has 0 bridgehead atoms. The molecule has 0 aliphatic rings. The molecule has 0 unspecified atom stereocenters. The van der Waals surface area contributed by atoms with Crippen molar-refractivity contribution in [2.75, 3.05) is 0 Å². The summed E-state index contributed by atoms with van der Waals surface area (Å²) >= 11 is 0. The summed E-state index contributed by atoms with van der Waals surface area (Å²) in [5.74, 6) is -0.827. The summed E-state index contributed by atoms with van der Waals surface area (Å²) < 4.78 is 0. The van der Waals surface area contributed by atoms with Crippen LogP contribution in [0.1, 0.15) is 35.7 Å². The van der Waals surface area contributed by atoms with Crippen molar-refractivity contribution in [2.45, 2.75) is 26.2 Å². The van der Waals surface area contributed by atoms with Gasteiger partial charge in [-0.15, -0.1) is 0 Å². The standard InChI is InChI=1S/C11H14O2.Ca.2H/c1-2-3-6-9-7-4-5-8-10(9)11(12)13;;;/h4-5,7-8H,2-3,6H2,1H3,(H,12,13);;;. The second kappa shape index (κ2) is 7.27. The second-order valence-electron chi connectivity index (χ2n) is 3.07. The van der Waals surface area contributed by atoms with Gasteiger partial charge in [-0.25, -0.2) is 4.79 Å². The summed E-state index contributed by atoms with van der Waals surface area (Å²) in [7, 11) is 0. The van der Waals surface area contributed by atoms with E-state index >= 15 is 0 Å². The Bertz CT molecular complexity index is 297. The maximum absolute atomic E-state index is 10.8. The number of benzene rings is 1. The van der Waals surface area contributed by atoms with Crippen molar-refractivity contribution in [3.05, 3.63) is 35.4 Å². The molecule has 0 saturated heterocycles. The molecule has 0 aliphatic heterocycles. The molecule has 0 aliphatic carbocycles. The van der Waals surface area contributed by atoms with Gasteiger partial charge in [0.2, 0.25) is 0 Å². The van der Waals surface area contributed by atoms with Crippen LogP contribution in [0.25, 0.3) is 0 Å². The van der Waals surface area contributed by atoms with Crippen LogP contribution in [0.3, 0.4) is 0 Å². The van der Waals surface area contributed by atoms with Crippen LogP contribution in [-0.4, -0.2) is 48.8 Å². The van der Waals surface area contributed by atoms with E-state index in [-0.39, 0.29) is 37.7 Å². The van der Waals surface area contributed by atoms with Crippen LogP contribution in [0.15, 0.2) is 24.3 Å². The van der Waals surface area contributed by atoms with Gasteiger partial charge in [0, 0.05) is 0 Å². The Morgan fingerprint density at radius 3 is 2.57 bits per heavy atom. The number of carbonyl (C=O) groups is 1. The van der Waals surface area contributed by atoms with E-state index in [2.05, 4.69) is 6.92 Å². The molecule has 0 amide bonds. The van der Waals surface area contributed by atoms with Crippen molar-refractivity contribution < 1.29 is 9.90 Å². The molecule has 3 heteroatoms. The van der Waals surface area contributed by atoms with E-state index in [1.165, 1.54) is 0 Å². The van der Waals surface area contributed by atoms with Crippen LogP contribution < -0.4 is 0 Å². The summed E-state index contributed by atoms with van der Waals surface area (Å²) in [6.45, 7) is 2.10. The minimum absolute atomic E-state index is 0. The van der Waals surface area contributed by atoms with Crippen molar-refractivity contribution in [3.8, 4) is 0 Å². The van der Waals surface area contributed by atoms with E-state index in [0.29, 0.717) is 5.56 Å². The maximum atomic E-state index is 10.8. The third-order valence-electron chi connectivity index (χ3n) is 2.05. The molecule has 0 fully saturated rings. The average Bonchev–Trinajstić information content (AvgIpc) is 2.15. The van der Waals surface area contributed by atoms with Crippen LogP contribution in [0.2, 0.25) is 0 Å². The summed E-state index contributed by atoms with van der Waals surface area (Å²) in [6, 6.07) is 7.20. The molecule has 1 aromatic carbocycles. The Balaban J connectivity index is 0.00000169. The van der Waals surface area contributed by atoms with E-state index in [1.54, 1.807) is 12.1 Å². The fourth-order valence-corrected chi connectivity index (χ4v) is 1.31. The Hall–Kier alpha value is -0.0503. The third-order valence-corrected chi connectivity index (χ3v) is 2.05. The number of aromatic carboxylic acids is 1. The Morgan fingerprint density at radius 1 is 1.36 bits per heavy atom. The molecule has 0 saturated carbocycles. The first-order chi connectivity index (χ1) is 6.25. The molecule has 0 spiro atoms. The normalized spacial score (nSPS) is 9.21. The fourth-order valence-electron chi connectivity index (χ4n) is 1.31. The summed E-state index contributed by atoms with van der Waals surface area (Å²) in [5, 5.41) is 8.86. The van der Waals surface area contributed by atoms with Gasteiger partial charge in [-0.05, 0) is 24.5 Å². The first-order valence-electron chi connectivity index (χ1n) is 4.57. The van der Waals surface area contributed by atoms with Crippen LogP contribution in [-0.2, 0) is 6.42 Å². The number of aryl methyl sites for hydroxylation is 1. The SMILES string of the molecule is CCCCc1ccccc1C(=O)O.[CaH2]. The molecule has 0 aromatic heterocycles. The van der Waals surface area contributed by atoms with Crippen LogP contribution in [0, 0.1) is 0 Å². The molecule has 1 rings (SSSR count). The van der Waals surface area contributed by atoms with Crippen molar-refractivity contribution in [2.24, 2.45) is 0 Å². The number of hydrogen-bond acceptors (Lipinski definition) is 1. The van der Waals surface area contributed by atoms with Gasteiger partial charge >= 0.3 is 43.7 Å². The molecule has 0 heterocycles. The molecule has 74 valence electrons. The molecular formula is C11H16CaO2. The van der Waals surface area contributed by atoms with Crippen LogP contribution >= 0.6 is 0 Å². The number of rotatable bonds is 4. The van der Waals surface area contributed by atoms with Gasteiger partial charge in [0.1, 0.15) is 0 Å². The zero-order valence-electron chi connectivity index (χ0n) is 7.79. The topological polar surface area (TPSA) is 37.3 Å². The molecule has 1 N–H and O–H groups in total. The van der Waals surface area contributed by atoms with Crippen molar-refractivity contribution >= 4 is 43.7 Å². The minimum atomic E-state index is -0.827. The molecule has 0 radical (unpaired) electrons. The van der Waals surface area contributed by atoms with Crippen LogP contribution in [0.5, 0.6) is 0 Å². The van der Waals surface area contributed by atoms with Gasteiger partial charge in [-0.2, -0.15) is 0 Å². The number of carboxylic acid groups (broad SMARTS) is 1. The first kappa shape index (κ1) is 13.9. The van der Waals surface area contributed by atoms with Crippen molar-refractivity contribution in [3.63, 3.8) is 0 Å². The van der Waals surface area contributed by atoms with Gasteiger partial charge in [0.05, 0.1) is 5.56 Å². The zero-order valence-corrected chi connectivity index (χ0v) is 7.79. The number of unbranched alkanes of at least 4 members (excludes halogenated alkanes) is 1. The van der Waals surface area contributed by atoms with Gasteiger partial charge < -0.3 is 5.11 Å². The van der Waals surface area contributed by atoms with Gasteiger partial charge in [-0.1, -0.05) is 31.5 Å². The third kappa shape index (κ3) is 3.99. The van der Waals surface area contributed by atoms with E-state index in [4.69, 9.17) is 5.11 Å². The predicted octanol–water partition coefficient (Wildman–Crippen LogP) is 1.81. The zero-order chi connectivity index (χ0) is 9.68. The quantitative estimate of drug-likeness (QED) is 0.786. The van der Waals surface area contributed by atoms with Crippen LogP contribution in [0.4, 0.5) is 0 Å². The van der Waals surface area contributed by atoms with E-state index in [0.717, 1.165) is 24.8 Å². The summed E-state index contributed by atoms with van der Waals surface area (Å²) in [5.41, 5.74) is 1.38. The summed E-state index contributed by atoms with van der Waals surface area (Å²) in [4.78, 5) is 10.8. The monoisotopic (exact) mass is 220 g/mol. The average molecular weight is 220 g/mol. The Labute approximate surface area is 114 Å². The fraction of sp³-hybridized carbons (Fsp3) is 0.364. The van der Waals surface area contributed by atoms with Gasteiger partial charge in [0.15, 0.2) is 0 Å². The second-order valence-corrected chi connectivity index (χ2v) is 3.07. The molecule has 14 heavy (non-hydrogen) atoms. The van der Waals surface area contributed by atoms with Crippen molar-refractivity contribution in [1.82, 2.24) is 0 Å². The molecular weight excluding hydrogens is 204 g/mol. The number of carboxylic acids is 1. The van der Waals surface area contributed by atoms with E-state index in [9.17, 15) is 4.79 Å². The predicted molar refractivity (Wildman–Crippen MR) is 60.6 cm³/mol. The van der Waals surface area contributed by atoms with Crippen molar-refractivity contribution in [1.29, 1.82) is 0 Å².